The van der Waals surface area contributed by atoms with E-state index in [-0.39, 0.29) is 6.15 Å². The third-order valence-corrected chi connectivity index (χ3v) is 7.71. The number of carboxylic acids is 1. The summed E-state index contributed by atoms with van der Waals surface area (Å²) in [5.41, 5.74) is -0.660. The second-order valence-electron chi connectivity index (χ2n) is 11.8. The maximum absolute atomic E-state index is 11.0. The molecule has 0 aromatic rings. The molecule has 0 bridgehead atoms. The minimum absolute atomic E-state index is 0. The highest BCUT2D eigenvalue weighted by Gasteiger charge is 2.18. The molecule has 212 valence electrons. The van der Waals surface area contributed by atoms with Gasteiger partial charge in [0, 0.05) is 11.4 Å². The molecule has 0 aliphatic heterocycles. The zero-order chi connectivity index (χ0) is 25.2. The summed E-state index contributed by atoms with van der Waals surface area (Å²) in [6, 6.07) is 0. The fourth-order valence-electron chi connectivity index (χ4n) is 4.98. The van der Waals surface area contributed by atoms with Crippen molar-refractivity contribution in [2.75, 3.05) is 0 Å². The largest absolute Gasteiger partial charge is 0.550 e. The second kappa shape index (κ2) is 28.0. The van der Waals surface area contributed by atoms with E-state index >= 15 is 0 Å². The first-order valence-corrected chi connectivity index (χ1v) is 15.7. The predicted molar refractivity (Wildman–Crippen MR) is 155 cm³/mol. The summed E-state index contributed by atoms with van der Waals surface area (Å²) in [5, 5.41) is 11.0. The molecular formula is C32H67NO2. The van der Waals surface area contributed by atoms with Crippen LogP contribution in [0.3, 0.4) is 0 Å². The smallest absolute Gasteiger partial charge is 0.0470 e. The summed E-state index contributed by atoms with van der Waals surface area (Å²) >= 11 is 0. The number of unbranched alkanes of at least 4 members (excludes halogenated alkanes) is 25. The predicted octanol–water partition coefficient (Wildman–Crippen LogP) is 10.7. The zero-order valence-corrected chi connectivity index (χ0v) is 24.9. The number of carboxylic acid groups (broad SMARTS) is 1. The summed E-state index contributed by atoms with van der Waals surface area (Å²) < 4.78 is 0. The van der Waals surface area contributed by atoms with Crippen molar-refractivity contribution in [2.45, 2.75) is 194 Å². The van der Waals surface area contributed by atoms with Crippen LogP contribution in [0.1, 0.15) is 194 Å². The van der Waals surface area contributed by atoms with Crippen LogP contribution in [0.25, 0.3) is 0 Å². The van der Waals surface area contributed by atoms with Gasteiger partial charge in [-0.05, 0) is 6.42 Å². The van der Waals surface area contributed by atoms with Crippen LogP contribution < -0.4 is 11.3 Å². The first-order valence-electron chi connectivity index (χ1n) is 15.7. The molecule has 0 aliphatic rings. The first-order chi connectivity index (χ1) is 16.5. The van der Waals surface area contributed by atoms with Gasteiger partial charge in [0.15, 0.2) is 0 Å². The van der Waals surface area contributed by atoms with Gasteiger partial charge in [-0.25, -0.2) is 0 Å². The highest BCUT2D eigenvalue weighted by Crippen LogP contribution is 2.23. The standard InChI is InChI=1S/C32H64O2.H3N/c1-4-5-6-7-8-9-10-11-12-13-14-15-16-17-18-19-20-21-22-23-24-25-26-27-28-29-30-32(2,3)31(33)34;/h4-30H2,1-3H3,(H,33,34);1H3. The van der Waals surface area contributed by atoms with Gasteiger partial charge in [-0.2, -0.15) is 0 Å². The van der Waals surface area contributed by atoms with Gasteiger partial charge in [0.25, 0.3) is 0 Å². The molecule has 35 heavy (non-hydrogen) atoms. The number of carbonyl (C=O) groups excluding carboxylic acids is 1. The Hall–Kier alpha value is -0.570. The monoisotopic (exact) mass is 498 g/mol. The van der Waals surface area contributed by atoms with E-state index in [0.29, 0.717) is 0 Å². The molecule has 0 rings (SSSR count). The molecule has 0 aromatic heterocycles. The summed E-state index contributed by atoms with van der Waals surface area (Å²) in [6.45, 7) is 5.86. The van der Waals surface area contributed by atoms with Crippen LogP contribution in [0.5, 0.6) is 0 Å². The van der Waals surface area contributed by atoms with Crippen LogP contribution >= 0.6 is 0 Å². The molecule has 0 fully saturated rings. The van der Waals surface area contributed by atoms with Crippen LogP contribution in [0.4, 0.5) is 0 Å². The number of rotatable bonds is 28. The number of aliphatic carboxylic acids is 1. The van der Waals surface area contributed by atoms with Gasteiger partial charge in [-0.1, -0.05) is 188 Å². The lowest BCUT2D eigenvalue weighted by atomic mass is 9.87. The van der Waals surface area contributed by atoms with Crippen molar-refractivity contribution >= 4 is 5.97 Å². The van der Waals surface area contributed by atoms with E-state index in [1.165, 1.54) is 154 Å². The Labute approximate surface area is 221 Å². The Kier molecular flexibility index (Phi) is 29.3. The Morgan fingerprint density at radius 2 is 0.657 bits per heavy atom. The molecule has 0 spiro atoms. The lowest BCUT2D eigenvalue weighted by Gasteiger charge is -2.25. The first kappa shape index (κ1) is 36.6. The van der Waals surface area contributed by atoms with Crippen molar-refractivity contribution in [3.05, 3.63) is 0 Å². The normalized spacial score (nSPS) is 11.5. The topological polar surface area (TPSA) is 76.6 Å². The summed E-state index contributed by atoms with van der Waals surface area (Å²) in [7, 11) is 0. The van der Waals surface area contributed by atoms with Crippen molar-refractivity contribution in [1.29, 1.82) is 0 Å². The Morgan fingerprint density at radius 3 is 0.857 bits per heavy atom. The van der Waals surface area contributed by atoms with Gasteiger partial charge >= 0.3 is 0 Å². The number of hydrogen-bond donors (Lipinski definition) is 1. The minimum Gasteiger partial charge on any atom is -0.550 e. The molecule has 3 nitrogen and oxygen atoms in total. The summed E-state index contributed by atoms with van der Waals surface area (Å²) in [5.74, 6) is -0.910. The lowest BCUT2D eigenvalue weighted by molar-refractivity contribution is -0.317. The van der Waals surface area contributed by atoms with Crippen molar-refractivity contribution in [1.82, 2.24) is 6.15 Å². The molecule has 0 radical (unpaired) electrons. The fourth-order valence-corrected chi connectivity index (χ4v) is 4.98. The zero-order valence-electron chi connectivity index (χ0n) is 24.9. The van der Waals surface area contributed by atoms with Gasteiger partial charge in [0.2, 0.25) is 0 Å². The quantitative estimate of drug-likeness (QED) is 0.109. The summed E-state index contributed by atoms with van der Waals surface area (Å²) in [4.78, 5) is 11.0. The van der Waals surface area contributed by atoms with E-state index in [9.17, 15) is 9.90 Å². The van der Waals surface area contributed by atoms with Crippen molar-refractivity contribution in [3.8, 4) is 0 Å². The van der Waals surface area contributed by atoms with E-state index < -0.39 is 11.4 Å². The van der Waals surface area contributed by atoms with Gasteiger partial charge in [-0.15, -0.1) is 0 Å². The number of carbonyl (C=O) groups is 1. The van der Waals surface area contributed by atoms with Crippen LogP contribution in [-0.2, 0) is 4.79 Å². The third kappa shape index (κ3) is 27.9. The molecule has 0 aromatic carbocycles. The minimum atomic E-state index is -0.910. The van der Waals surface area contributed by atoms with Crippen molar-refractivity contribution in [2.24, 2.45) is 5.41 Å². The van der Waals surface area contributed by atoms with Crippen LogP contribution in [0.2, 0.25) is 0 Å². The molecule has 0 saturated heterocycles. The molecule has 0 atom stereocenters. The van der Waals surface area contributed by atoms with Crippen molar-refractivity contribution < 1.29 is 9.90 Å². The third-order valence-electron chi connectivity index (χ3n) is 7.71. The summed E-state index contributed by atoms with van der Waals surface area (Å²) in [6.07, 6.45) is 37.2. The van der Waals surface area contributed by atoms with Crippen LogP contribution in [0, 0.1) is 5.41 Å². The van der Waals surface area contributed by atoms with E-state index in [2.05, 4.69) is 6.92 Å². The van der Waals surface area contributed by atoms with Crippen molar-refractivity contribution in [3.63, 3.8) is 0 Å². The molecule has 3 heteroatoms. The fraction of sp³-hybridized carbons (Fsp3) is 0.969. The van der Waals surface area contributed by atoms with E-state index in [0.717, 1.165) is 19.3 Å². The lowest BCUT2D eigenvalue weighted by Crippen LogP contribution is -2.37. The molecular weight excluding hydrogens is 430 g/mol. The molecule has 0 unspecified atom stereocenters. The molecule has 4 N–H and O–H groups in total. The average molecular weight is 498 g/mol. The van der Waals surface area contributed by atoms with E-state index in [1.807, 2.05) is 0 Å². The number of quaternary nitrogens is 1. The maximum Gasteiger partial charge on any atom is 0.0470 e. The number of hydrogen-bond acceptors (Lipinski definition) is 2. The van der Waals surface area contributed by atoms with E-state index in [4.69, 9.17) is 0 Å². The van der Waals surface area contributed by atoms with Gasteiger partial charge < -0.3 is 16.1 Å². The highest BCUT2D eigenvalue weighted by atomic mass is 16.4. The SMILES string of the molecule is CCCCCCCCCCCCCCCCCCCCCCCCCCCCC(C)(C)C(=O)[O-].[NH4+]. The van der Waals surface area contributed by atoms with Gasteiger partial charge in [0.05, 0.1) is 0 Å². The average Bonchev–Trinajstić information content (AvgIpc) is 2.81. The van der Waals surface area contributed by atoms with Gasteiger partial charge in [-0.3, -0.25) is 0 Å². The van der Waals surface area contributed by atoms with Gasteiger partial charge in [0.1, 0.15) is 0 Å². The Balaban J connectivity index is 0. The molecule has 0 amide bonds. The molecule has 0 saturated carbocycles. The van der Waals surface area contributed by atoms with Crippen LogP contribution in [0.15, 0.2) is 0 Å². The molecule has 0 heterocycles. The Bertz CT molecular complexity index is 422. The van der Waals surface area contributed by atoms with E-state index in [1.54, 1.807) is 13.8 Å². The van der Waals surface area contributed by atoms with Crippen LogP contribution in [-0.4, -0.2) is 5.97 Å². The molecule has 0 aliphatic carbocycles. The highest BCUT2D eigenvalue weighted by molar-refractivity contribution is 5.71. The second-order valence-corrected chi connectivity index (χ2v) is 11.8. The maximum atomic E-state index is 11.0. The Morgan fingerprint density at radius 1 is 0.457 bits per heavy atom.